The lowest BCUT2D eigenvalue weighted by Crippen LogP contribution is -2.27. The van der Waals surface area contributed by atoms with Gasteiger partial charge >= 0.3 is 5.69 Å². The fourth-order valence-electron chi connectivity index (χ4n) is 1.74. The highest BCUT2D eigenvalue weighted by molar-refractivity contribution is 5.96. The number of H-pyrrole nitrogens is 2. The molecule has 0 atom stereocenters. The third-order valence-corrected chi connectivity index (χ3v) is 2.74. The normalized spacial score (nSPS) is 10.7. The summed E-state index contributed by atoms with van der Waals surface area (Å²) in [5, 5.41) is 5.88. The molecule has 0 saturated heterocycles. The zero-order valence-corrected chi connectivity index (χ0v) is 10.9. The van der Waals surface area contributed by atoms with Crippen LogP contribution in [0.25, 0.3) is 11.0 Å². The second-order valence-electron chi connectivity index (χ2n) is 4.24. The highest BCUT2D eigenvalue weighted by Gasteiger charge is 2.09. The van der Waals surface area contributed by atoms with Crippen molar-refractivity contribution in [3.05, 3.63) is 38.7 Å². The molecule has 0 aromatic carbocycles. The minimum absolute atomic E-state index is 0.158. The molecule has 0 radical (unpaired) electrons. The molecule has 0 bridgehead atoms. The number of fused-ring (bicyclic) bond motifs is 1. The van der Waals surface area contributed by atoms with Gasteiger partial charge in [-0.3, -0.25) is 19.6 Å². The van der Waals surface area contributed by atoms with Crippen molar-refractivity contribution in [1.29, 1.82) is 0 Å². The molecule has 20 heavy (non-hydrogen) atoms. The van der Waals surface area contributed by atoms with E-state index in [1.165, 1.54) is 12.3 Å². The Kier molecular flexibility index (Phi) is 4.26. The molecule has 2 aromatic heterocycles. The van der Waals surface area contributed by atoms with Crippen molar-refractivity contribution in [2.75, 3.05) is 20.1 Å². The fraction of sp³-hybridized carbons (Fsp3) is 0.333. The zero-order chi connectivity index (χ0) is 14.5. The van der Waals surface area contributed by atoms with Crippen molar-refractivity contribution in [2.24, 2.45) is 0 Å². The molecule has 0 aliphatic rings. The predicted octanol–water partition coefficient (Wildman–Crippen LogP) is -1.05. The summed E-state index contributed by atoms with van der Waals surface area (Å²) in [6.07, 6.45) is 2.13. The first-order chi connectivity index (χ1) is 9.61. The molecule has 0 saturated carbocycles. The first kappa shape index (κ1) is 13.9. The zero-order valence-electron chi connectivity index (χ0n) is 10.9. The molecule has 8 nitrogen and oxygen atoms in total. The van der Waals surface area contributed by atoms with E-state index >= 15 is 0 Å². The molecule has 8 heteroatoms. The molecule has 0 unspecified atom stereocenters. The van der Waals surface area contributed by atoms with Gasteiger partial charge in [0.2, 0.25) is 0 Å². The van der Waals surface area contributed by atoms with E-state index in [1.807, 2.05) is 7.05 Å². The van der Waals surface area contributed by atoms with Gasteiger partial charge in [0.1, 0.15) is 5.65 Å². The number of hydrogen-bond donors (Lipinski definition) is 4. The van der Waals surface area contributed by atoms with Gasteiger partial charge in [-0.25, -0.2) is 9.78 Å². The van der Waals surface area contributed by atoms with Gasteiger partial charge in [-0.15, -0.1) is 0 Å². The number of aromatic nitrogens is 3. The summed E-state index contributed by atoms with van der Waals surface area (Å²) in [5.74, 6) is -0.305. The topological polar surface area (TPSA) is 120 Å². The van der Waals surface area contributed by atoms with Crippen molar-refractivity contribution in [3.8, 4) is 0 Å². The number of amides is 1. The van der Waals surface area contributed by atoms with Gasteiger partial charge < -0.3 is 10.6 Å². The molecule has 2 heterocycles. The molecular formula is C12H15N5O3. The maximum Gasteiger partial charge on any atom is 0.327 e. The molecular weight excluding hydrogens is 262 g/mol. The quantitative estimate of drug-likeness (QED) is 0.520. The molecule has 0 aliphatic heterocycles. The van der Waals surface area contributed by atoms with Gasteiger partial charge in [0, 0.05) is 12.7 Å². The van der Waals surface area contributed by atoms with Crippen molar-refractivity contribution in [3.63, 3.8) is 0 Å². The Hall–Kier alpha value is -2.48. The summed E-state index contributed by atoms with van der Waals surface area (Å²) in [6.45, 7) is 1.33. The smallest absolute Gasteiger partial charge is 0.327 e. The second-order valence-corrected chi connectivity index (χ2v) is 4.24. The number of aromatic amines is 2. The number of carbonyl (C=O) groups is 1. The maximum absolute atomic E-state index is 11.9. The monoisotopic (exact) mass is 277 g/mol. The van der Waals surface area contributed by atoms with Crippen LogP contribution in [-0.2, 0) is 0 Å². The van der Waals surface area contributed by atoms with Crippen molar-refractivity contribution in [1.82, 2.24) is 25.6 Å². The van der Waals surface area contributed by atoms with Crippen molar-refractivity contribution >= 4 is 16.9 Å². The Morgan fingerprint density at radius 1 is 1.30 bits per heavy atom. The van der Waals surface area contributed by atoms with E-state index in [1.54, 1.807) is 0 Å². The minimum atomic E-state index is -0.626. The Bertz CT molecular complexity index is 734. The summed E-state index contributed by atoms with van der Waals surface area (Å²) < 4.78 is 0. The average molecular weight is 277 g/mol. The number of rotatable bonds is 5. The van der Waals surface area contributed by atoms with E-state index in [4.69, 9.17) is 0 Å². The minimum Gasteiger partial charge on any atom is -0.352 e. The Labute approximate surface area is 113 Å². The number of hydrogen-bond acceptors (Lipinski definition) is 5. The predicted molar refractivity (Wildman–Crippen MR) is 73.9 cm³/mol. The van der Waals surface area contributed by atoms with Gasteiger partial charge in [-0.2, -0.15) is 0 Å². The summed E-state index contributed by atoms with van der Waals surface area (Å²) in [7, 11) is 1.84. The van der Waals surface area contributed by atoms with Crippen LogP contribution in [0.3, 0.4) is 0 Å². The highest BCUT2D eigenvalue weighted by atomic mass is 16.2. The number of carbonyl (C=O) groups excluding carboxylic acids is 1. The van der Waals surface area contributed by atoms with E-state index in [9.17, 15) is 14.4 Å². The third kappa shape index (κ3) is 3.09. The van der Waals surface area contributed by atoms with Gasteiger partial charge in [-0.05, 0) is 26.1 Å². The maximum atomic E-state index is 11.9. The molecule has 0 fully saturated rings. The van der Waals surface area contributed by atoms with Crippen LogP contribution in [0, 0.1) is 0 Å². The van der Waals surface area contributed by atoms with Crippen molar-refractivity contribution < 1.29 is 4.79 Å². The summed E-state index contributed by atoms with van der Waals surface area (Å²) in [6, 6.07) is 1.41. The molecule has 4 N–H and O–H groups in total. The van der Waals surface area contributed by atoms with Gasteiger partial charge in [0.05, 0.1) is 10.9 Å². The van der Waals surface area contributed by atoms with E-state index in [0.717, 1.165) is 13.0 Å². The lowest BCUT2D eigenvalue weighted by Gasteiger charge is -2.05. The summed E-state index contributed by atoms with van der Waals surface area (Å²) >= 11 is 0. The number of nitrogens with one attached hydrogen (secondary N) is 4. The molecule has 2 rings (SSSR count). The van der Waals surface area contributed by atoms with Crippen LogP contribution in [0.2, 0.25) is 0 Å². The van der Waals surface area contributed by atoms with Gasteiger partial charge in [-0.1, -0.05) is 0 Å². The van der Waals surface area contributed by atoms with Crippen LogP contribution in [0.5, 0.6) is 0 Å². The molecule has 1 amide bonds. The molecule has 2 aromatic rings. The van der Waals surface area contributed by atoms with E-state index in [2.05, 4.69) is 25.6 Å². The molecule has 0 spiro atoms. The number of pyridine rings is 1. The lowest BCUT2D eigenvalue weighted by atomic mass is 10.2. The average Bonchev–Trinajstić information content (AvgIpc) is 2.43. The van der Waals surface area contributed by atoms with Crippen LogP contribution < -0.4 is 21.9 Å². The van der Waals surface area contributed by atoms with Gasteiger partial charge in [0.15, 0.2) is 0 Å². The number of nitrogens with zero attached hydrogens (tertiary/aromatic N) is 1. The van der Waals surface area contributed by atoms with Crippen LogP contribution in [-0.4, -0.2) is 41.0 Å². The Balaban J connectivity index is 2.21. The third-order valence-electron chi connectivity index (χ3n) is 2.74. The standard InChI is InChI=1S/C12H15N5O3/c1-13-3-2-4-14-10(18)7-5-8-9(15-6-7)16-12(20)17-11(8)19/h5-6,13H,2-4H2,1H3,(H,14,18)(H2,15,16,17,19,20). The SMILES string of the molecule is CNCCCNC(=O)c1cnc2[nH]c(=O)[nH]c(=O)c2c1. The van der Waals surface area contributed by atoms with Crippen LogP contribution in [0.1, 0.15) is 16.8 Å². The molecule has 106 valence electrons. The molecule has 0 aliphatic carbocycles. The first-order valence-corrected chi connectivity index (χ1v) is 6.17. The second kappa shape index (κ2) is 6.11. The Morgan fingerprint density at radius 2 is 2.10 bits per heavy atom. The van der Waals surface area contributed by atoms with Crippen molar-refractivity contribution in [2.45, 2.75) is 6.42 Å². The Morgan fingerprint density at radius 3 is 2.85 bits per heavy atom. The summed E-state index contributed by atoms with van der Waals surface area (Å²) in [5.41, 5.74) is -0.759. The highest BCUT2D eigenvalue weighted by Crippen LogP contribution is 2.05. The van der Waals surface area contributed by atoms with E-state index in [0.29, 0.717) is 6.54 Å². The van der Waals surface area contributed by atoms with Crippen LogP contribution in [0.15, 0.2) is 21.9 Å². The van der Waals surface area contributed by atoms with E-state index in [-0.39, 0.29) is 22.5 Å². The lowest BCUT2D eigenvalue weighted by molar-refractivity contribution is 0.0953. The first-order valence-electron chi connectivity index (χ1n) is 6.17. The summed E-state index contributed by atoms with van der Waals surface area (Å²) in [4.78, 5) is 43.0. The van der Waals surface area contributed by atoms with Crippen LogP contribution >= 0.6 is 0 Å². The largest absolute Gasteiger partial charge is 0.352 e. The van der Waals surface area contributed by atoms with Gasteiger partial charge in [0.25, 0.3) is 11.5 Å². The van der Waals surface area contributed by atoms with Crippen LogP contribution in [0.4, 0.5) is 0 Å². The van der Waals surface area contributed by atoms with E-state index < -0.39 is 11.2 Å². The fourth-order valence-corrected chi connectivity index (χ4v) is 1.74.